The number of nitrogens with zero attached hydrogens (tertiary/aromatic N) is 1. The molecule has 21 heavy (non-hydrogen) atoms. The maximum absolute atomic E-state index is 12.1. The molecule has 0 aliphatic carbocycles. The van der Waals surface area contributed by atoms with Crippen molar-refractivity contribution in [2.45, 2.75) is 0 Å². The average molecular weight is 296 g/mol. The first-order valence-electron chi connectivity index (χ1n) is 6.35. The third-order valence-electron chi connectivity index (χ3n) is 2.76. The molecular weight excluding hydrogens is 284 g/mol. The van der Waals surface area contributed by atoms with Crippen LogP contribution in [0.1, 0.15) is 10.4 Å². The summed E-state index contributed by atoms with van der Waals surface area (Å²) in [5, 5.41) is 5.26. The fraction of sp³-hybridized carbons (Fsp3) is 0. The highest BCUT2D eigenvalue weighted by Crippen LogP contribution is 2.23. The topological polar surface area (TPSA) is 51.2 Å². The van der Waals surface area contributed by atoms with Gasteiger partial charge in [-0.2, -0.15) is 0 Å². The Morgan fingerprint density at radius 3 is 2.48 bits per heavy atom. The summed E-state index contributed by atoms with van der Waals surface area (Å²) >= 11 is 1.42. The summed E-state index contributed by atoms with van der Waals surface area (Å²) in [7, 11) is 0. The summed E-state index contributed by atoms with van der Waals surface area (Å²) < 4.78 is 5.55. The van der Waals surface area contributed by atoms with Crippen LogP contribution >= 0.6 is 11.3 Å². The highest BCUT2D eigenvalue weighted by molar-refractivity contribution is 7.11. The van der Waals surface area contributed by atoms with Gasteiger partial charge in [0, 0.05) is 22.8 Å². The van der Waals surface area contributed by atoms with Crippen LogP contribution in [0.2, 0.25) is 0 Å². The number of nitrogens with one attached hydrogen (secondary N) is 1. The summed E-state index contributed by atoms with van der Waals surface area (Å²) in [5.41, 5.74) is 1.34. The smallest absolute Gasteiger partial charge is 0.278 e. The van der Waals surface area contributed by atoms with Crippen LogP contribution in [0, 0.1) is 0 Å². The normalized spacial score (nSPS) is 10.1. The first kappa shape index (κ1) is 13.3. The van der Waals surface area contributed by atoms with Crippen molar-refractivity contribution in [1.29, 1.82) is 0 Å². The Hall–Kier alpha value is -2.66. The van der Waals surface area contributed by atoms with Crippen molar-refractivity contribution < 1.29 is 9.53 Å². The van der Waals surface area contributed by atoms with Crippen molar-refractivity contribution in [3.63, 3.8) is 0 Å². The van der Waals surface area contributed by atoms with Crippen LogP contribution < -0.4 is 10.1 Å². The Kier molecular flexibility index (Phi) is 3.93. The van der Waals surface area contributed by atoms with E-state index < -0.39 is 0 Å². The molecule has 2 aromatic carbocycles. The molecule has 4 nitrogen and oxygen atoms in total. The number of hydrogen-bond donors (Lipinski definition) is 1. The van der Waals surface area contributed by atoms with E-state index in [0.717, 1.165) is 5.69 Å². The molecule has 5 heteroatoms. The first-order chi connectivity index (χ1) is 10.3. The third-order valence-corrected chi connectivity index (χ3v) is 3.41. The zero-order valence-electron chi connectivity index (χ0n) is 11.0. The molecule has 1 heterocycles. The number of para-hydroxylation sites is 1. The van der Waals surface area contributed by atoms with E-state index in [1.165, 1.54) is 11.3 Å². The molecule has 1 aromatic heterocycles. The third kappa shape index (κ3) is 3.46. The number of carbonyl (C=O) groups excluding carboxylic acids is 1. The molecule has 0 unspecified atom stereocenters. The van der Waals surface area contributed by atoms with Gasteiger partial charge in [-0.1, -0.05) is 29.5 Å². The fourth-order valence-electron chi connectivity index (χ4n) is 1.76. The number of thiazole rings is 1. The molecule has 0 fully saturated rings. The van der Waals surface area contributed by atoms with Crippen LogP contribution in [-0.2, 0) is 0 Å². The number of ether oxygens (including phenoxy) is 1. The van der Waals surface area contributed by atoms with Crippen LogP contribution in [0.5, 0.6) is 10.9 Å². The number of aromatic nitrogens is 1. The fourth-order valence-corrected chi connectivity index (χ4v) is 2.26. The Balaban J connectivity index is 1.67. The second-order valence-corrected chi connectivity index (χ2v) is 5.10. The molecule has 0 aliphatic heterocycles. The van der Waals surface area contributed by atoms with Gasteiger partial charge in [-0.3, -0.25) is 4.79 Å². The standard InChI is InChI=1S/C16H12N2O2S/c19-15(18-13-4-2-1-3-5-13)12-6-8-14(9-7-12)20-16-17-10-11-21-16/h1-11H,(H,18,19). The molecule has 3 rings (SSSR count). The first-order valence-corrected chi connectivity index (χ1v) is 7.23. The van der Waals surface area contributed by atoms with E-state index in [-0.39, 0.29) is 5.91 Å². The Morgan fingerprint density at radius 2 is 1.81 bits per heavy atom. The number of benzene rings is 2. The Labute approximate surface area is 126 Å². The van der Waals surface area contributed by atoms with Gasteiger partial charge in [0.15, 0.2) is 0 Å². The van der Waals surface area contributed by atoms with Crippen molar-refractivity contribution in [3.05, 3.63) is 71.7 Å². The van der Waals surface area contributed by atoms with Gasteiger partial charge in [0.2, 0.25) is 0 Å². The molecule has 0 atom stereocenters. The highest BCUT2D eigenvalue weighted by Gasteiger charge is 2.06. The molecule has 3 aromatic rings. The van der Waals surface area contributed by atoms with E-state index in [4.69, 9.17) is 4.74 Å². The average Bonchev–Trinajstić information content (AvgIpc) is 3.02. The summed E-state index contributed by atoms with van der Waals surface area (Å²) in [5.74, 6) is 0.503. The SMILES string of the molecule is O=C(Nc1ccccc1)c1ccc(Oc2nccs2)cc1. The van der Waals surface area contributed by atoms with Crippen LogP contribution in [0.4, 0.5) is 5.69 Å². The van der Waals surface area contributed by atoms with Crippen LogP contribution in [-0.4, -0.2) is 10.9 Å². The highest BCUT2D eigenvalue weighted by atomic mass is 32.1. The molecule has 0 bridgehead atoms. The Morgan fingerprint density at radius 1 is 1.05 bits per heavy atom. The Bertz CT molecular complexity index is 710. The van der Waals surface area contributed by atoms with Crippen LogP contribution in [0.25, 0.3) is 0 Å². The lowest BCUT2D eigenvalue weighted by Gasteiger charge is -2.06. The van der Waals surface area contributed by atoms with Crippen molar-refractivity contribution in [3.8, 4) is 10.9 Å². The van der Waals surface area contributed by atoms with Crippen molar-refractivity contribution in [2.24, 2.45) is 0 Å². The van der Waals surface area contributed by atoms with Gasteiger partial charge in [0.1, 0.15) is 5.75 Å². The number of rotatable bonds is 4. The van der Waals surface area contributed by atoms with E-state index in [1.807, 2.05) is 35.7 Å². The predicted octanol–water partition coefficient (Wildman–Crippen LogP) is 4.19. The minimum atomic E-state index is -0.151. The summed E-state index contributed by atoms with van der Waals surface area (Å²) in [6, 6.07) is 16.3. The zero-order valence-corrected chi connectivity index (χ0v) is 11.8. The van der Waals surface area contributed by atoms with Crippen molar-refractivity contribution >= 4 is 22.9 Å². The van der Waals surface area contributed by atoms with E-state index in [0.29, 0.717) is 16.5 Å². The quantitative estimate of drug-likeness (QED) is 0.785. The van der Waals surface area contributed by atoms with Crippen LogP contribution in [0.3, 0.4) is 0 Å². The number of carbonyl (C=O) groups is 1. The van der Waals surface area contributed by atoms with Gasteiger partial charge < -0.3 is 10.1 Å². The summed E-state index contributed by atoms with van der Waals surface area (Å²) in [6.45, 7) is 0. The lowest BCUT2D eigenvalue weighted by atomic mass is 10.2. The monoisotopic (exact) mass is 296 g/mol. The predicted molar refractivity (Wildman–Crippen MR) is 83.0 cm³/mol. The largest absolute Gasteiger partial charge is 0.431 e. The zero-order chi connectivity index (χ0) is 14.5. The second kappa shape index (κ2) is 6.19. The summed E-state index contributed by atoms with van der Waals surface area (Å²) in [6.07, 6.45) is 1.68. The molecule has 0 aliphatic rings. The van der Waals surface area contributed by atoms with Crippen LogP contribution in [0.15, 0.2) is 66.2 Å². The van der Waals surface area contributed by atoms with E-state index in [2.05, 4.69) is 10.3 Å². The van der Waals surface area contributed by atoms with E-state index >= 15 is 0 Å². The molecule has 0 radical (unpaired) electrons. The number of anilines is 1. The molecule has 0 spiro atoms. The molecular formula is C16H12N2O2S. The van der Waals surface area contributed by atoms with Gasteiger partial charge in [-0.05, 0) is 36.4 Å². The molecule has 1 N–H and O–H groups in total. The maximum Gasteiger partial charge on any atom is 0.278 e. The molecule has 104 valence electrons. The molecule has 1 amide bonds. The van der Waals surface area contributed by atoms with Gasteiger partial charge in [0.25, 0.3) is 11.1 Å². The maximum atomic E-state index is 12.1. The minimum absolute atomic E-state index is 0.151. The van der Waals surface area contributed by atoms with Crippen molar-refractivity contribution in [2.75, 3.05) is 5.32 Å². The number of hydrogen-bond acceptors (Lipinski definition) is 4. The summed E-state index contributed by atoms with van der Waals surface area (Å²) in [4.78, 5) is 16.1. The van der Waals surface area contributed by atoms with E-state index in [9.17, 15) is 4.79 Å². The van der Waals surface area contributed by atoms with Gasteiger partial charge >= 0.3 is 0 Å². The van der Waals surface area contributed by atoms with Gasteiger partial charge in [-0.15, -0.1) is 0 Å². The van der Waals surface area contributed by atoms with Gasteiger partial charge in [-0.25, -0.2) is 4.98 Å². The molecule has 0 saturated heterocycles. The number of amides is 1. The lowest BCUT2D eigenvalue weighted by molar-refractivity contribution is 0.102. The van der Waals surface area contributed by atoms with Gasteiger partial charge in [0.05, 0.1) is 0 Å². The minimum Gasteiger partial charge on any atom is -0.431 e. The molecule has 0 saturated carbocycles. The van der Waals surface area contributed by atoms with E-state index in [1.54, 1.807) is 30.5 Å². The lowest BCUT2D eigenvalue weighted by Crippen LogP contribution is -2.11. The van der Waals surface area contributed by atoms with Crippen molar-refractivity contribution in [1.82, 2.24) is 4.98 Å². The second-order valence-electron chi connectivity index (χ2n) is 4.24.